The molecule has 1 saturated carbocycles. The summed E-state index contributed by atoms with van der Waals surface area (Å²) in [5, 5.41) is 12.5. The minimum Gasteiger partial charge on any atom is -0.481 e. The summed E-state index contributed by atoms with van der Waals surface area (Å²) < 4.78 is 15.3. The lowest BCUT2D eigenvalue weighted by molar-refractivity contribution is -0.145. The number of anilines is 2. The molecule has 1 heterocycles. The van der Waals surface area contributed by atoms with Crippen molar-refractivity contribution in [2.75, 3.05) is 22.5 Å². The third-order valence-electron chi connectivity index (χ3n) is 5.23. The zero-order valence-electron chi connectivity index (χ0n) is 17.4. The maximum absolute atomic E-state index is 14.1. The third-order valence-corrected chi connectivity index (χ3v) is 8.44. The number of carboxylic acid groups (broad SMARTS) is 1. The molecule has 0 aliphatic heterocycles. The number of thioether (sulfide) groups is 1. The van der Waals surface area contributed by atoms with E-state index in [2.05, 4.69) is 26.2 Å². The Morgan fingerprint density at radius 3 is 2.74 bits per heavy atom. The van der Waals surface area contributed by atoms with Gasteiger partial charge in [0.05, 0.1) is 20.3 Å². The van der Waals surface area contributed by atoms with Gasteiger partial charge in [0.2, 0.25) is 0 Å². The average Bonchev–Trinajstić information content (AvgIpc) is 3.38. The summed E-state index contributed by atoms with van der Waals surface area (Å²) >= 11 is 5.84. The van der Waals surface area contributed by atoms with Gasteiger partial charge in [0.25, 0.3) is 0 Å². The summed E-state index contributed by atoms with van der Waals surface area (Å²) in [6, 6.07) is 4.32. The Balaban J connectivity index is 1.70. The molecule has 0 saturated heterocycles. The van der Waals surface area contributed by atoms with Crippen LogP contribution in [0.5, 0.6) is 0 Å². The predicted molar refractivity (Wildman–Crippen MR) is 127 cm³/mol. The Morgan fingerprint density at radius 2 is 2.10 bits per heavy atom. The fraction of sp³-hybridized carbons (Fsp3) is 0.476. The number of nitrogens with one attached hydrogen (secondary N) is 1. The van der Waals surface area contributed by atoms with E-state index < -0.39 is 17.2 Å². The summed E-state index contributed by atoms with van der Waals surface area (Å²) in [7, 11) is 0. The summed E-state index contributed by atoms with van der Waals surface area (Å²) in [5.74, 6) is -0.500. The number of nitrogens with zero attached hydrogens (tertiary/aromatic N) is 2. The molecule has 0 radical (unpaired) electrons. The van der Waals surface area contributed by atoms with Crippen LogP contribution in [-0.4, -0.2) is 34.4 Å². The van der Waals surface area contributed by atoms with E-state index in [0.29, 0.717) is 33.5 Å². The first-order chi connectivity index (χ1) is 14.7. The standard InChI is InChI=1S/C21H25BrFN3O3S2/c1-21(2,18(27)28)12-30-17-10-24-19(31-17)25-20(29)26(11-13-5-3-4-6-13)14-7-8-15(22)16(23)9-14/h7-10,13H,3-6,11-12H2,1-2H3,(H,27,28)(H,24,25,29). The van der Waals surface area contributed by atoms with Gasteiger partial charge in [0.15, 0.2) is 5.13 Å². The molecule has 1 fully saturated rings. The van der Waals surface area contributed by atoms with E-state index in [1.54, 1.807) is 37.1 Å². The Bertz CT molecular complexity index is 948. The molecule has 2 N–H and O–H groups in total. The van der Waals surface area contributed by atoms with Crippen molar-refractivity contribution in [3.8, 4) is 0 Å². The van der Waals surface area contributed by atoms with Crippen molar-refractivity contribution >= 4 is 61.8 Å². The van der Waals surface area contributed by atoms with Gasteiger partial charge in [-0.15, -0.1) is 11.8 Å². The number of urea groups is 1. The molecular weight excluding hydrogens is 505 g/mol. The molecule has 1 aliphatic rings. The van der Waals surface area contributed by atoms with Gasteiger partial charge in [-0.25, -0.2) is 14.2 Å². The van der Waals surface area contributed by atoms with Crippen LogP contribution in [0.1, 0.15) is 39.5 Å². The van der Waals surface area contributed by atoms with Gasteiger partial charge in [-0.05, 0) is 66.7 Å². The van der Waals surface area contributed by atoms with Crippen LogP contribution in [0, 0.1) is 17.2 Å². The largest absolute Gasteiger partial charge is 0.481 e. The minimum absolute atomic E-state index is 0.350. The van der Waals surface area contributed by atoms with Crippen molar-refractivity contribution in [1.82, 2.24) is 4.98 Å². The zero-order chi connectivity index (χ0) is 22.6. The van der Waals surface area contributed by atoms with Crippen molar-refractivity contribution in [2.24, 2.45) is 11.3 Å². The van der Waals surface area contributed by atoms with E-state index in [9.17, 15) is 19.1 Å². The zero-order valence-corrected chi connectivity index (χ0v) is 20.6. The van der Waals surface area contributed by atoms with Crippen molar-refractivity contribution in [1.29, 1.82) is 0 Å². The normalized spacial score (nSPS) is 14.6. The van der Waals surface area contributed by atoms with Crippen molar-refractivity contribution < 1.29 is 19.1 Å². The third kappa shape index (κ3) is 6.43. The number of carboxylic acids is 1. The number of hydrogen-bond donors (Lipinski definition) is 2. The number of benzene rings is 1. The molecule has 1 aliphatic carbocycles. The van der Waals surface area contributed by atoms with Crippen LogP contribution in [0.4, 0.5) is 20.0 Å². The smallest absolute Gasteiger partial charge is 0.328 e. The highest BCUT2D eigenvalue weighted by Gasteiger charge is 2.28. The van der Waals surface area contributed by atoms with E-state index in [1.165, 1.54) is 29.2 Å². The highest BCUT2D eigenvalue weighted by atomic mass is 79.9. The lowest BCUT2D eigenvalue weighted by Gasteiger charge is -2.26. The van der Waals surface area contributed by atoms with Gasteiger partial charge in [0, 0.05) is 18.0 Å². The van der Waals surface area contributed by atoms with E-state index >= 15 is 0 Å². The Kier molecular flexibility index (Phi) is 7.98. The fourth-order valence-corrected chi connectivity index (χ4v) is 5.46. The minimum atomic E-state index is -0.859. The first kappa shape index (κ1) is 24.0. The molecule has 3 rings (SSSR count). The number of aromatic nitrogens is 1. The van der Waals surface area contributed by atoms with Gasteiger partial charge in [-0.2, -0.15) is 0 Å². The number of amides is 2. The Labute approximate surface area is 197 Å². The predicted octanol–water partition coefficient (Wildman–Crippen LogP) is 6.48. The number of aliphatic carboxylic acids is 1. The highest BCUT2D eigenvalue weighted by molar-refractivity contribution is 9.10. The average molecular weight is 530 g/mol. The van der Waals surface area contributed by atoms with Crippen LogP contribution in [0.25, 0.3) is 0 Å². The number of thiazole rings is 1. The molecule has 2 aromatic rings. The highest BCUT2D eigenvalue weighted by Crippen LogP contribution is 2.34. The monoisotopic (exact) mass is 529 g/mol. The summed E-state index contributed by atoms with van der Waals surface area (Å²) in [6.07, 6.45) is 6.03. The molecule has 0 spiro atoms. The molecule has 0 bridgehead atoms. The van der Waals surface area contributed by atoms with Crippen LogP contribution in [0.3, 0.4) is 0 Å². The summed E-state index contributed by atoms with van der Waals surface area (Å²) in [4.78, 5) is 30.2. The number of halogens is 2. The van der Waals surface area contributed by atoms with Crippen LogP contribution in [-0.2, 0) is 4.79 Å². The SMILES string of the molecule is CC(C)(CSc1cnc(NC(=O)N(CC2CCCC2)c2ccc(Br)c(F)c2)s1)C(=O)O. The molecule has 1 aromatic carbocycles. The van der Waals surface area contributed by atoms with Gasteiger partial charge in [-0.1, -0.05) is 24.2 Å². The topological polar surface area (TPSA) is 82.5 Å². The first-order valence-corrected chi connectivity index (χ1v) is 12.6. The maximum atomic E-state index is 14.1. The number of carbonyl (C=O) groups is 2. The molecule has 6 nitrogen and oxygen atoms in total. The van der Waals surface area contributed by atoms with E-state index in [0.717, 1.165) is 29.9 Å². The molecule has 10 heteroatoms. The van der Waals surface area contributed by atoms with Crippen LogP contribution >= 0.6 is 39.0 Å². The van der Waals surface area contributed by atoms with Crippen molar-refractivity contribution in [3.05, 3.63) is 34.7 Å². The molecular formula is C21H25BrFN3O3S2. The molecule has 1 aromatic heterocycles. The van der Waals surface area contributed by atoms with E-state index in [-0.39, 0.29) is 6.03 Å². The second kappa shape index (κ2) is 10.3. The van der Waals surface area contributed by atoms with Crippen LogP contribution < -0.4 is 10.2 Å². The van der Waals surface area contributed by atoms with Gasteiger partial charge < -0.3 is 5.11 Å². The lowest BCUT2D eigenvalue weighted by Crippen LogP contribution is -2.38. The number of carbonyl (C=O) groups excluding carboxylic acids is 1. The number of rotatable bonds is 8. The van der Waals surface area contributed by atoms with Gasteiger partial charge in [0.1, 0.15) is 5.82 Å². The van der Waals surface area contributed by atoms with Crippen LogP contribution in [0.2, 0.25) is 0 Å². The second-order valence-corrected chi connectivity index (χ2v) is 11.4. The van der Waals surface area contributed by atoms with E-state index in [4.69, 9.17) is 0 Å². The maximum Gasteiger partial charge on any atom is 0.328 e. The summed E-state index contributed by atoms with van der Waals surface area (Å²) in [6.45, 7) is 3.86. The summed E-state index contributed by atoms with van der Waals surface area (Å²) in [5.41, 5.74) is -0.360. The molecule has 31 heavy (non-hydrogen) atoms. The second-order valence-electron chi connectivity index (χ2n) is 8.25. The van der Waals surface area contributed by atoms with Crippen LogP contribution in [0.15, 0.2) is 33.1 Å². The van der Waals surface area contributed by atoms with Gasteiger partial charge in [-0.3, -0.25) is 15.0 Å². The molecule has 2 amide bonds. The molecule has 168 valence electrons. The van der Waals surface area contributed by atoms with E-state index in [1.807, 2.05) is 0 Å². The first-order valence-electron chi connectivity index (χ1n) is 10.0. The number of hydrogen-bond acceptors (Lipinski definition) is 5. The Hall–Kier alpha value is -1.65. The fourth-order valence-electron chi connectivity index (χ4n) is 3.27. The quantitative estimate of drug-likeness (QED) is 0.382. The Morgan fingerprint density at radius 1 is 1.39 bits per heavy atom. The van der Waals surface area contributed by atoms with Crippen molar-refractivity contribution in [3.63, 3.8) is 0 Å². The van der Waals surface area contributed by atoms with Gasteiger partial charge >= 0.3 is 12.0 Å². The molecule has 0 unspecified atom stereocenters. The van der Waals surface area contributed by atoms with Crippen molar-refractivity contribution in [2.45, 2.75) is 43.7 Å². The lowest BCUT2D eigenvalue weighted by atomic mass is 9.97. The molecule has 0 atom stereocenters.